The van der Waals surface area contributed by atoms with Gasteiger partial charge in [-0.1, -0.05) is 12.5 Å². The number of aromatic nitrogens is 4. The fraction of sp³-hybridized carbons (Fsp3) is 0.421. The van der Waals surface area contributed by atoms with Gasteiger partial charge in [-0.3, -0.25) is 4.79 Å². The van der Waals surface area contributed by atoms with Gasteiger partial charge in [-0.25, -0.2) is 0 Å². The van der Waals surface area contributed by atoms with Gasteiger partial charge in [0, 0.05) is 36.1 Å². The van der Waals surface area contributed by atoms with Crippen LogP contribution in [0.2, 0.25) is 0 Å². The quantitative estimate of drug-likeness (QED) is 0.771. The van der Waals surface area contributed by atoms with E-state index < -0.39 is 0 Å². The molecule has 6 nitrogen and oxygen atoms in total. The van der Waals surface area contributed by atoms with Crippen molar-refractivity contribution in [3.05, 3.63) is 46.7 Å². The molecule has 0 fully saturated rings. The highest BCUT2D eigenvalue weighted by Crippen LogP contribution is 2.22. The molecule has 1 aliphatic rings. The van der Waals surface area contributed by atoms with E-state index in [1.807, 2.05) is 10.6 Å². The van der Waals surface area contributed by atoms with Crippen molar-refractivity contribution in [1.82, 2.24) is 25.1 Å². The van der Waals surface area contributed by atoms with Crippen molar-refractivity contribution in [3.63, 3.8) is 0 Å². The molecule has 25 heavy (non-hydrogen) atoms. The highest BCUT2D eigenvalue weighted by Gasteiger charge is 2.19. The van der Waals surface area contributed by atoms with Crippen LogP contribution in [0.15, 0.2) is 18.2 Å². The number of fused-ring (bicyclic) bond motifs is 2. The van der Waals surface area contributed by atoms with Crippen LogP contribution >= 0.6 is 0 Å². The van der Waals surface area contributed by atoms with E-state index in [4.69, 9.17) is 0 Å². The third-order valence-corrected chi connectivity index (χ3v) is 5.14. The Bertz CT molecular complexity index is 937. The molecule has 4 rings (SSSR count). The van der Waals surface area contributed by atoms with Gasteiger partial charge in [-0.05, 0) is 49.9 Å². The molecular weight excluding hydrogens is 314 g/mol. The Morgan fingerprint density at radius 2 is 2.12 bits per heavy atom. The number of H-pyrrole nitrogens is 1. The molecule has 3 aromatic rings. The van der Waals surface area contributed by atoms with Crippen molar-refractivity contribution >= 4 is 16.8 Å². The molecule has 0 atom stereocenters. The second-order valence-electron chi connectivity index (χ2n) is 6.84. The Morgan fingerprint density at radius 1 is 1.24 bits per heavy atom. The van der Waals surface area contributed by atoms with Crippen LogP contribution in [-0.2, 0) is 19.5 Å². The van der Waals surface area contributed by atoms with E-state index in [-0.39, 0.29) is 5.91 Å². The normalized spacial score (nSPS) is 14.3. The molecule has 0 radical (unpaired) electrons. The first kappa shape index (κ1) is 15.9. The average molecular weight is 337 g/mol. The lowest BCUT2D eigenvalue weighted by molar-refractivity contribution is 0.0935. The van der Waals surface area contributed by atoms with Gasteiger partial charge in [0.1, 0.15) is 5.82 Å². The molecule has 6 heteroatoms. The van der Waals surface area contributed by atoms with Crippen molar-refractivity contribution in [2.75, 3.05) is 0 Å². The highest BCUT2D eigenvalue weighted by molar-refractivity contribution is 5.91. The van der Waals surface area contributed by atoms with Crippen molar-refractivity contribution in [3.8, 4) is 0 Å². The topological polar surface area (TPSA) is 75.6 Å². The summed E-state index contributed by atoms with van der Waals surface area (Å²) in [7, 11) is 0. The Hall–Kier alpha value is -2.63. The summed E-state index contributed by atoms with van der Waals surface area (Å²) >= 11 is 0. The smallest absolute Gasteiger partial charge is 0.289 e. The minimum Gasteiger partial charge on any atom is -0.358 e. The Kier molecular flexibility index (Phi) is 4.03. The molecule has 0 aliphatic carbocycles. The number of amides is 1. The van der Waals surface area contributed by atoms with Crippen molar-refractivity contribution < 1.29 is 4.79 Å². The van der Waals surface area contributed by atoms with Crippen LogP contribution in [0, 0.1) is 13.8 Å². The zero-order chi connectivity index (χ0) is 17.4. The summed E-state index contributed by atoms with van der Waals surface area (Å²) < 4.78 is 1.98. The molecular formula is C19H23N5O. The summed E-state index contributed by atoms with van der Waals surface area (Å²) in [5.74, 6) is 1.22. The van der Waals surface area contributed by atoms with Crippen LogP contribution in [-0.4, -0.2) is 25.7 Å². The minimum atomic E-state index is -0.150. The lowest BCUT2D eigenvalue weighted by Crippen LogP contribution is -2.26. The fourth-order valence-corrected chi connectivity index (χ4v) is 3.53. The molecule has 1 aromatic carbocycles. The Labute approximate surface area is 146 Å². The summed E-state index contributed by atoms with van der Waals surface area (Å²) in [6.07, 6.45) is 4.28. The molecule has 1 amide bonds. The Morgan fingerprint density at radius 3 is 3.00 bits per heavy atom. The number of hydrogen-bond acceptors (Lipinski definition) is 3. The van der Waals surface area contributed by atoms with Gasteiger partial charge < -0.3 is 14.9 Å². The number of hydrogen-bond donors (Lipinski definition) is 2. The molecule has 130 valence electrons. The van der Waals surface area contributed by atoms with Crippen LogP contribution in [0.4, 0.5) is 0 Å². The largest absolute Gasteiger partial charge is 0.358 e. The number of nitrogens with zero attached hydrogens (tertiary/aromatic N) is 3. The van der Waals surface area contributed by atoms with E-state index in [0.29, 0.717) is 12.4 Å². The maximum absolute atomic E-state index is 12.6. The number of nitrogens with one attached hydrogen (secondary N) is 2. The van der Waals surface area contributed by atoms with Gasteiger partial charge in [-0.2, -0.15) is 0 Å². The van der Waals surface area contributed by atoms with Gasteiger partial charge in [0.25, 0.3) is 5.91 Å². The van der Waals surface area contributed by atoms with Crippen LogP contribution in [0.25, 0.3) is 10.9 Å². The zero-order valence-electron chi connectivity index (χ0n) is 14.7. The van der Waals surface area contributed by atoms with Gasteiger partial charge in [0.05, 0.1) is 0 Å². The predicted octanol–water partition coefficient (Wildman–Crippen LogP) is 3.03. The van der Waals surface area contributed by atoms with Crippen molar-refractivity contribution in [1.29, 1.82) is 0 Å². The fourth-order valence-electron chi connectivity index (χ4n) is 3.53. The maximum atomic E-state index is 12.6. The van der Waals surface area contributed by atoms with E-state index >= 15 is 0 Å². The minimum absolute atomic E-state index is 0.150. The average Bonchev–Trinajstić information content (AvgIpc) is 3.04. The molecule has 3 heterocycles. The number of rotatable bonds is 3. The van der Waals surface area contributed by atoms with Gasteiger partial charge >= 0.3 is 0 Å². The zero-order valence-corrected chi connectivity index (χ0v) is 14.7. The van der Waals surface area contributed by atoms with Gasteiger partial charge in [-0.15, -0.1) is 10.2 Å². The summed E-state index contributed by atoms with van der Waals surface area (Å²) in [6, 6.07) is 6.25. The monoisotopic (exact) mass is 337 g/mol. The molecule has 0 spiro atoms. The second kappa shape index (κ2) is 6.35. The van der Waals surface area contributed by atoms with Gasteiger partial charge in [0.2, 0.25) is 5.82 Å². The number of benzene rings is 1. The highest BCUT2D eigenvalue weighted by atomic mass is 16.2. The number of aryl methyl sites for hydroxylation is 3. The van der Waals surface area contributed by atoms with Crippen molar-refractivity contribution in [2.24, 2.45) is 0 Å². The van der Waals surface area contributed by atoms with Crippen molar-refractivity contribution in [2.45, 2.75) is 52.6 Å². The molecule has 0 bridgehead atoms. The van der Waals surface area contributed by atoms with E-state index in [1.165, 1.54) is 23.1 Å². The van der Waals surface area contributed by atoms with E-state index in [1.54, 1.807) is 0 Å². The van der Waals surface area contributed by atoms with E-state index in [2.05, 4.69) is 46.5 Å². The SMILES string of the molecule is Cc1[nH]c2ccc(CNC(=O)c3nnc4n3CCCCC4)cc2c1C. The Balaban J connectivity index is 1.51. The summed E-state index contributed by atoms with van der Waals surface area (Å²) in [5, 5.41) is 12.5. The lowest BCUT2D eigenvalue weighted by atomic mass is 10.1. The van der Waals surface area contributed by atoms with Crippen LogP contribution < -0.4 is 5.32 Å². The number of carbonyl (C=O) groups is 1. The first-order valence-electron chi connectivity index (χ1n) is 8.91. The summed E-state index contributed by atoms with van der Waals surface area (Å²) in [5.41, 5.74) is 4.65. The third-order valence-electron chi connectivity index (χ3n) is 5.14. The lowest BCUT2D eigenvalue weighted by Gasteiger charge is -2.08. The molecule has 1 aliphatic heterocycles. The summed E-state index contributed by atoms with van der Waals surface area (Å²) in [4.78, 5) is 15.9. The molecule has 0 unspecified atom stereocenters. The standard InChI is InChI=1S/C19H23N5O/c1-12-13(2)21-16-8-7-14(10-15(12)16)11-20-19(25)18-23-22-17-6-4-3-5-9-24(17)18/h7-8,10,21H,3-6,9,11H2,1-2H3,(H,20,25). The molecule has 2 N–H and O–H groups in total. The third kappa shape index (κ3) is 2.92. The first-order chi connectivity index (χ1) is 12.1. The number of aromatic amines is 1. The molecule has 0 saturated carbocycles. The van der Waals surface area contributed by atoms with Crippen LogP contribution in [0.3, 0.4) is 0 Å². The maximum Gasteiger partial charge on any atom is 0.289 e. The van der Waals surface area contributed by atoms with E-state index in [9.17, 15) is 4.79 Å². The predicted molar refractivity (Wildman–Crippen MR) is 96.5 cm³/mol. The second-order valence-corrected chi connectivity index (χ2v) is 6.84. The van der Waals surface area contributed by atoms with Gasteiger partial charge in [0.15, 0.2) is 0 Å². The first-order valence-corrected chi connectivity index (χ1v) is 8.91. The van der Waals surface area contributed by atoms with Crippen LogP contribution in [0.5, 0.6) is 0 Å². The summed E-state index contributed by atoms with van der Waals surface area (Å²) in [6.45, 7) is 5.51. The molecule has 2 aromatic heterocycles. The van der Waals surface area contributed by atoms with Crippen LogP contribution in [0.1, 0.15) is 52.5 Å². The van der Waals surface area contributed by atoms with E-state index in [0.717, 1.165) is 42.7 Å². The number of carbonyl (C=O) groups excluding carboxylic acids is 1. The molecule has 0 saturated heterocycles.